The number of aliphatic carboxylic acids is 1. The maximum absolute atomic E-state index is 12.5. The molecule has 3 aliphatic carbocycles. The van der Waals surface area contributed by atoms with Gasteiger partial charge in [-0.1, -0.05) is 0 Å². The minimum Gasteiger partial charge on any atom is -0.481 e. The van der Waals surface area contributed by atoms with Crippen LogP contribution in [0.3, 0.4) is 0 Å². The lowest BCUT2D eigenvalue weighted by Gasteiger charge is -2.64. The molecule has 0 atom stereocenters. The highest BCUT2D eigenvalue weighted by molar-refractivity contribution is 5.80. The fourth-order valence-corrected chi connectivity index (χ4v) is 1.76. The van der Waals surface area contributed by atoms with Crippen molar-refractivity contribution in [2.75, 3.05) is 0 Å². The number of hydrogen-bond acceptors (Lipinski definition) is 1. The molecule has 10 heavy (non-hydrogen) atoms. The zero-order valence-electron chi connectivity index (χ0n) is 5.10. The van der Waals surface area contributed by atoms with Crippen LogP contribution in [0.25, 0.3) is 0 Å². The van der Waals surface area contributed by atoms with Crippen molar-refractivity contribution in [3.05, 3.63) is 0 Å². The van der Waals surface area contributed by atoms with Crippen LogP contribution in [-0.4, -0.2) is 17.0 Å². The Hall–Kier alpha value is -0.670. The third-order valence-corrected chi connectivity index (χ3v) is 2.75. The van der Waals surface area contributed by atoms with Gasteiger partial charge in [0, 0.05) is 5.92 Å². The third kappa shape index (κ3) is 0.319. The molecule has 3 saturated carbocycles. The van der Waals surface area contributed by atoms with Crippen LogP contribution in [0.15, 0.2) is 0 Å². The summed E-state index contributed by atoms with van der Waals surface area (Å²) in [5.74, 6) is -4.87. The Morgan fingerprint density at radius 2 is 2.00 bits per heavy atom. The summed E-state index contributed by atoms with van der Waals surface area (Å²) in [5, 5.41) is 8.39. The molecule has 2 bridgehead atoms. The van der Waals surface area contributed by atoms with Gasteiger partial charge in [-0.3, -0.25) is 4.79 Å². The molecule has 3 rings (SSSR count). The van der Waals surface area contributed by atoms with Crippen molar-refractivity contribution in [3.8, 4) is 0 Å². The van der Waals surface area contributed by atoms with E-state index in [2.05, 4.69) is 0 Å². The molecule has 0 unspecified atom stereocenters. The summed E-state index contributed by atoms with van der Waals surface area (Å²) >= 11 is 0. The van der Waals surface area contributed by atoms with Gasteiger partial charge in [-0.15, -0.1) is 0 Å². The maximum atomic E-state index is 12.5. The summed E-state index contributed by atoms with van der Waals surface area (Å²) in [7, 11) is 0. The Morgan fingerprint density at radius 1 is 1.50 bits per heavy atom. The van der Waals surface area contributed by atoms with Crippen LogP contribution in [0, 0.1) is 11.3 Å². The lowest BCUT2D eigenvalue weighted by atomic mass is 9.41. The van der Waals surface area contributed by atoms with Crippen LogP contribution < -0.4 is 0 Å². The van der Waals surface area contributed by atoms with E-state index in [1.54, 1.807) is 0 Å². The summed E-state index contributed by atoms with van der Waals surface area (Å²) in [6.45, 7) is 0. The van der Waals surface area contributed by atoms with E-state index in [-0.39, 0.29) is 12.8 Å². The van der Waals surface area contributed by atoms with Crippen LogP contribution in [-0.2, 0) is 4.79 Å². The van der Waals surface area contributed by atoms with Crippen molar-refractivity contribution in [2.45, 2.75) is 18.8 Å². The van der Waals surface area contributed by atoms with Crippen LogP contribution >= 0.6 is 0 Å². The summed E-state index contributed by atoms with van der Waals surface area (Å²) < 4.78 is 25.0. The van der Waals surface area contributed by atoms with Crippen LogP contribution in [0.2, 0.25) is 0 Å². The Morgan fingerprint density at radius 3 is 2.00 bits per heavy atom. The van der Waals surface area contributed by atoms with Gasteiger partial charge in [-0.25, -0.2) is 8.78 Å². The van der Waals surface area contributed by atoms with Gasteiger partial charge in [0.05, 0.1) is 0 Å². The van der Waals surface area contributed by atoms with Gasteiger partial charge in [0.1, 0.15) is 5.41 Å². The van der Waals surface area contributed by atoms with E-state index in [1.165, 1.54) is 0 Å². The monoisotopic (exact) mass is 148 g/mol. The van der Waals surface area contributed by atoms with E-state index >= 15 is 0 Å². The van der Waals surface area contributed by atoms with E-state index in [4.69, 9.17) is 5.11 Å². The first kappa shape index (κ1) is 6.07. The molecular formula is C6H6F2O2. The van der Waals surface area contributed by atoms with Gasteiger partial charge < -0.3 is 5.11 Å². The molecule has 0 heterocycles. The number of alkyl halides is 2. The van der Waals surface area contributed by atoms with Crippen molar-refractivity contribution >= 4 is 5.97 Å². The number of rotatable bonds is 1. The van der Waals surface area contributed by atoms with E-state index in [0.717, 1.165) is 0 Å². The van der Waals surface area contributed by atoms with Crippen molar-refractivity contribution in [1.82, 2.24) is 0 Å². The smallest absolute Gasteiger partial charge is 0.315 e. The zero-order valence-corrected chi connectivity index (χ0v) is 5.10. The standard InChI is InChI=1S/C6H6F2O2/c7-6(8)3-1-5(6,2-3)4(9)10/h3H,1-2H2,(H,9,10). The first-order chi connectivity index (χ1) is 4.51. The molecule has 0 aromatic carbocycles. The van der Waals surface area contributed by atoms with E-state index < -0.39 is 23.2 Å². The second kappa shape index (κ2) is 1.20. The van der Waals surface area contributed by atoms with Crippen molar-refractivity contribution < 1.29 is 18.7 Å². The molecular weight excluding hydrogens is 142 g/mol. The molecule has 3 aliphatic rings. The molecule has 1 N–H and O–H groups in total. The highest BCUT2D eigenvalue weighted by Crippen LogP contribution is 2.73. The molecule has 0 radical (unpaired) electrons. The number of hydrogen-bond donors (Lipinski definition) is 1. The number of carboxylic acids is 1. The average Bonchev–Trinajstić information content (AvgIpc) is 1.58. The predicted molar refractivity (Wildman–Crippen MR) is 27.7 cm³/mol. The number of carbonyl (C=O) groups is 1. The Bertz CT molecular complexity index is 206. The van der Waals surface area contributed by atoms with Gasteiger partial charge >= 0.3 is 5.97 Å². The fourth-order valence-electron chi connectivity index (χ4n) is 1.76. The fraction of sp³-hybridized carbons (Fsp3) is 0.833. The summed E-state index contributed by atoms with van der Waals surface area (Å²) in [6, 6.07) is 0. The van der Waals surface area contributed by atoms with Gasteiger partial charge in [-0.2, -0.15) is 0 Å². The van der Waals surface area contributed by atoms with E-state index in [1.807, 2.05) is 0 Å². The molecule has 0 amide bonds. The molecule has 56 valence electrons. The topological polar surface area (TPSA) is 37.3 Å². The summed E-state index contributed by atoms with van der Waals surface area (Å²) in [5.41, 5.74) is -1.66. The zero-order chi connectivity index (χ0) is 7.57. The van der Waals surface area contributed by atoms with Crippen molar-refractivity contribution in [3.63, 3.8) is 0 Å². The van der Waals surface area contributed by atoms with Gasteiger partial charge in [0.2, 0.25) is 0 Å². The summed E-state index contributed by atoms with van der Waals surface area (Å²) in [4.78, 5) is 10.3. The maximum Gasteiger partial charge on any atom is 0.315 e. The van der Waals surface area contributed by atoms with E-state index in [9.17, 15) is 13.6 Å². The number of carboxylic acid groups (broad SMARTS) is 1. The van der Waals surface area contributed by atoms with Crippen LogP contribution in [0.5, 0.6) is 0 Å². The molecule has 0 aromatic heterocycles. The van der Waals surface area contributed by atoms with Crippen LogP contribution in [0.1, 0.15) is 12.8 Å². The average molecular weight is 148 g/mol. The molecule has 0 aromatic rings. The highest BCUT2D eigenvalue weighted by atomic mass is 19.3. The SMILES string of the molecule is O=C(O)C12CC(C1)C2(F)F. The molecule has 0 saturated heterocycles. The molecule has 2 nitrogen and oxygen atoms in total. The molecule has 0 aliphatic heterocycles. The van der Waals surface area contributed by atoms with Gasteiger partial charge in [-0.05, 0) is 12.8 Å². The van der Waals surface area contributed by atoms with Crippen molar-refractivity contribution in [1.29, 1.82) is 0 Å². The van der Waals surface area contributed by atoms with Gasteiger partial charge in [0.25, 0.3) is 5.92 Å². The first-order valence-electron chi connectivity index (χ1n) is 3.12. The lowest BCUT2D eigenvalue weighted by Crippen LogP contribution is -2.74. The Labute approximate surface area is 55.8 Å². The second-order valence-corrected chi connectivity index (χ2v) is 3.12. The minimum atomic E-state index is -2.90. The number of halogens is 2. The van der Waals surface area contributed by atoms with Crippen LogP contribution in [0.4, 0.5) is 8.78 Å². The molecule has 0 spiro atoms. The second-order valence-electron chi connectivity index (χ2n) is 3.12. The largest absolute Gasteiger partial charge is 0.481 e. The van der Waals surface area contributed by atoms with Crippen molar-refractivity contribution in [2.24, 2.45) is 11.3 Å². The Balaban J connectivity index is 2.28. The van der Waals surface area contributed by atoms with E-state index in [0.29, 0.717) is 0 Å². The minimum absolute atomic E-state index is 0.176. The lowest BCUT2D eigenvalue weighted by molar-refractivity contribution is -0.336. The quantitative estimate of drug-likeness (QED) is 0.604. The first-order valence-corrected chi connectivity index (χ1v) is 3.12. The highest BCUT2D eigenvalue weighted by Gasteiger charge is 2.83. The molecule has 3 fully saturated rings. The predicted octanol–water partition coefficient (Wildman–Crippen LogP) is 1.12. The molecule has 4 heteroatoms. The summed E-state index contributed by atoms with van der Waals surface area (Å²) in [6.07, 6.45) is 0.352. The Kier molecular flexibility index (Phi) is 0.727. The third-order valence-electron chi connectivity index (χ3n) is 2.75. The van der Waals surface area contributed by atoms with Gasteiger partial charge in [0.15, 0.2) is 0 Å². The normalized spacial score (nSPS) is 47.2.